The van der Waals surface area contributed by atoms with Gasteiger partial charge in [-0.2, -0.15) is 0 Å². The predicted molar refractivity (Wildman–Crippen MR) is 76.8 cm³/mol. The number of ether oxygens (including phenoxy) is 1. The zero-order valence-corrected chi connectivity index (χ0v) is 11.3. The number of para-hydroxylation sites is 1. The van der Waals surface area contributed by atoms with Gasteiger partial charge in [-0.1, -0.05) is 41.9 Å². The minimum Gasteiger partial charge on any atom is -0.457 e. The van der Waals surface area contributed by atoms with E-state index in [1.54, 1.807) is 24.3 Å². The molecule has 1 heterocycles. The molecule has 3 nitrogen and oxygen atoms in total. The molecule has 0 amide bonds. The summed E-state index contributed by atoms with van der Waals surface area (Å²) in [5.41, 5.74) is 1.13. The summed E-state index contributed by atoms with van der Waals surface area (Å²) in [6, 6.07) is 16.3. The number of benzene rings is 2. The molecule has 0 aliphatic rings. The number of halogens is 1. The number of hydrogen-bond acceptors (Lipinski definition) is 3. The molecular formula is C16H11ClO3. The number of rotatable bonds is 3. The number of esters is 1. The van der Waals surface area contributed by atoms with Gasteiger partial charge in [-0.05, 0) is 24.3 Å². The summed E-state index contributed by atoms with van der Waals surface area (Å²) in [7, 11) is 0. The van der Waals surface area contributed by atoms with Crippen molar-refractivity contribution in [2.75, 3.05) is 0 Å². The van der Waals surface area contributed by atoms with Gasteiger partial charge in [0.1, 0.15) is 18.0 Å². The molecule has 4 heteroatoms. The first-order valence-electron chi connectivity index (χ1n) is 6.13. The zero-order valence-electron chi connectivity index (χ0n) is 10.5. The van der Waals surface area contributed by atoms with Crippen molar-refractivity contribution in [3.05, 3.63) is 70.9 Å². The average molecular weight is 287 g/mol. The fourth-order valence-corrected chi connectivity index (χ4v) is 2.16. The summed E-state index contributed by atoms with van der Waals surface area (Å²) in [5.74, 6) is 0.141. The van der Waals surface area contributed by atoms with Gasteiger partial charge in [0, 0.05) is 5.39 Å². The molecule has 0 aliphatic heterocycles. The van der Waals surface area contributed by atoms with Gasteiger partial charge in [0.15, 0.2) is 0 Å². The Labute approximate surface area is 120 Å². The standard InChI is InChI=1S/C16H11ClO3/c17-14-7-3-2-6-13(14)16(18)19-10-12-9-11-5-1-4-8-15(11)20-12/h1-9H,10H2. The van der Waals surface area contributed by atoms with Crippen molar-refractivity contribution in [2.24, 2.45) is 0 Å². The lowest BCUT2D eigenvalue weighted by molar-refractivity contribution is 0.0448. The summed E-state index contributed by atoms with van der Waals surface area (Å²) < 4.78 is 10.8. The first kappa shape index (κ1) is 12.8. The van der Waals surface area contributed by atoms with Gasteiger partial charge in [0.25, 0.3) is 0 Å². The molecule has 20 heavy (non-hydrogen) atoms. The second-order valence-corrected chi connectivity index (χ2v) is 4.71. The van der Waals surface area contributed by atoms with E-state index in [0.717, 1.165) is 11.0 Å². The van der Waals surface area contributed by atoms with Crippen molar-refractivity contribution in [1.29, 1.82) is 0 Å². The third kappa shape index (κ3) is 2.53. The van der Waals surface area contributed by atoms with Crippen LogP contribution in [0.1, 0.15) is 16.1 Å². The van der Waals surface area contributed by atoms with Crippen molar-refractivity contribution in [3.8, 4) is 0 Å². The van der Waals surface area contributed by atoms with E-state index in [1.807, 2.05) is 30.3 Å². The molecule has 0 bridgehead atoms. The van der Waals surface area contributed by atoms with Crippen LogP contribution in [-0.4, -0.2) is 5.97 Å². The van der Waals surface area contributed by atoms with Crippen molar-refractivity contribution >= 4 is 28.5 Å². The fraction of sp³-hybridized carbons (Fsp3) is 0.0625. The van der Waals surface area contributed by atoms with Crippen molar-refractivity contribution < 1.29 is 13.9 Å². The SMILES string of the molecule is O=C(OCc1cc2ccccc2o1)c1ccccc1Cl. The van der Waals surface area contributed by atoms with Gasteiger partial charge in [-0.15, -0.1) is 0 Å². The van der Waals surface area contributed by atoms with E-state index >= 15 is 0 Å². The van der Waals surface area contributed by atoms with Crippen molar-refractivity contribution in [1.82, 2.24) is 0 Å². The lowest BCUT2D eigenvalue weighted by Crippen LogP contribution is -2.05. The Kier molecular flexibility index (Phi) is 3.44. The highest BCUT2D eigenvalue weighted by atomic mass is 35.5. The molecule has 0 atom stereocenters. The minimum absolute atomic E-state index is 0.0821. The van der Waals surface area contributed by atoms with E-state index in [4.69, 9.17) is 20.8 Å². The van der Waals surface area contributed by atoms with E-state index in [2.05, 4.69) is 0 Å². The highest BCUT2D eigenvalue weighted by Gasteiger charge is 2.12. The molecular weight excluding hydrogens is 276 g/mol. The predicted octanol–water partition coefficient (Wildman–Crippen LogP) is 4.44. The van der Waals surface area contributed by atoms with Crippen molar-refractivity contribution in [2.45, 2.75) is 6.61 Å². The van der Waals surface area contributed by atoms with Crippen LogP contribution in [0, 0.1) is 0 Å². The Balaban J connectivity index is 1.73. The summed E-state index contributed by atoms with van der Waals surface area (Å²) in [6.45, 7) is 0.0821. The van der Waals surface area contributed by atoms with Crippen LogP contribution in [0.15, 0.2) is 59.0 Å². The van der Waals surface area contributed by atoms with E-state index in [1.165, 1.54) is 0 Å². The monoisotopic (exact) mass is 286 g/mol. The van der Waals surface area contributed by atoms with Crippen LogP contribution in [0.5, 0.6) is 0 Å². The van der Waals surface area contributed by atoms with E-state index in [-0.39, 0.29) is 6.61 Å². The molecule has 3 aromatic rings. The molecule has 0 saturated carbocycles. The second-order valence-electron chi connectivity index (χ2n) is 4.31. The van der Waals surface area contributed by atoms with E-state index in [9.17, 15) is 4.79 Å². The molecule has 100 valence electrons. The van der Waals surface area contributed by atoms with Crippen LogP contribution >= 0.6 is 11.6 Å². The molecule has 0 N–H and O–H groups in total. The third-order valence-electron chi connectivity index (χ3n) is 2.92. The van der Waals surface area contributed by atoms with Gasteiger partial charge in [0.05, 0.1) is 10.6 Å². The Bertz CT molecular complexity index is 728. The molecule has 0 spiro atoms. The van der Waals surface area contributed by atoms with Crippen LogP contribution in [-0.2, 0) is 11.3 Å². The summed E-state index contributed by atoms with van der Waals surface area (Å²) in [4.78, 5) is 11.9. The van der Waals surface area contributed by atoms with Crippen LogP contribution in [0.4, 0.5) is 0 Å². The van der Waals surface area contributed by atoms with Crippen LogP contribution in [0.2, 0.25) is 5.02 Å². The highest BCUT2D eigenvalue weighted by Crippen LogP contribution is 2.21. The summed E-state index contributed by atoms with van der Waals surface area (Å²) in [5, 5.41) is 1.36. The Morgan fingerprint density at radius 3 is 2.65 bits per heavy atom. The Morgan fingerprint density at radius 2 is 1.85 bits per heavy atom. The topological polar surface area (TPSA) is 39.4 Å². The molecule has 1 aromatic heterocycles. The minimum atomic E-state index is -0.462. The quantitative estimate of drug-likeness (QED) is 0.668. The maximum absolute atomic E-state index is 11.9. The average Bonchev–Trinajstić information content (AvgIpc) is 2.88. The van der Waals surface area contributed by atoms with Crippen LogP contribution < -0.4 is 0 Å². The fourth-order valence-electron chi connectivity index (χ4n) is 1.95. The molecule has 3 rings (SSSR count). The molecule has 0 aliphatic carbocycles. The van der Waals surface area contributed by atoms with Crippen LogP contribution in [0.3, 0.4) is 0 Å². The smallest absolute Gasteiger partial charge is 0.340 e. The molecule has 0 unspecified atom stereocenters. The Hall–Kier alpha value is -2.26. The number of furan rings is 1. The molecule has 2 aromatic carbocycles. The van der Waals surface area contributed by atoms with Gasteiger partial charge in [-0.3, -0.25) is 0 Å². The normalized spacial score (nSPS) is 10.7. The summed E-state index contributed by atoms with van der Waals surface area (Å²) in [6.07, 6.45) is 0. The number of fused-ring (bicyclic) bond motifs is 1. The van der Waals surface area contributed by atoms with Gasteiger partial charge in [-0.25, -0.2) is 4.79 Å². The summed E-state index contributed by atoms with van der Waals surface area (Å²) >= 11 is 5.94. The highest BCUT2D eigenvalue weighted by molar-refractivity contribution is 6.33. The van der Waals surface area contributed by atoms with E-state index in [0.29, 0.717) is 16.3 Å². The molecule has 0 fully saturated rings. The zero-order chi connectivity index (χ0) is 13.9. The van der Waals surface area contributed by atoms with Crippen molar-refractivity contribution in [3.63, 3.8) is 0 Å². The maximum atomic E-state index is 11.9. The number of carbonyl (C=O) groups is 1. The van der Waals surface area contributed by atoms with E-state index < -0.39 is 5.97 Å². The first-order chi connectivity index (χ1) is 9.74. The molecule has 0 saturated heterocycles. The lowest BCUT2D eigenvalue weighted by atomic mass is 10.2. The maximum Gasteiger partial charge on any atom is 0.340 e. The van der Waals surface area contributed by atoms with Crippen LogP contribution in [0.25, 0.3) is 11.0 Å². The third-order valence-corrected chi connectivity index (χ3v) is 3.25. The first-order valence-corrected chi connectivity index (χ1v) is 6.51. The van der Waals surface area contributed by atoms with Gasteiger partial charge >= 0.3 is 5.97 Å². The number of hydrogen-bond donors (Lipinski definition) is 0. The molecule has 0 radical (unpaired) electrons. The van der Waals surface area contributed by atoms with Gasteiger partial charge in [0.2, 0.25) is 0 Å². The second kappa shape index (κ2) is 5.39. The number of carbonyl (C=O) groups excluding carboxylic acids is 1. The Morgan fingerprint density at radius 1 is 1.10 bits per heavy atom. The van der Waals surface area contributed by atoms with Gasteiger partial charge < -0.3 is 9.15 Å². The lowest BCUT2D eigenvalue weighted by Gasteiger charge is -2.04. The largest absolute Gasteiger partial charge is 0.457 e.